The van der Waals surface area contributed by atoms with Crippen LogP contribution in [0.25, 0.3) is 0 Å². The molecule has 2 rings (SSSR count). The standard InChI is InChI=1S/C15H21N/c1-12-7-6-8-13(2)15(12)16-11-14-9-4-3-5-10-14/h3-5,9-10,12-13H,6-8,11H2,1-2H3. The van der Waals surface area contributed by atoms with Crippen LogP contribution in [-0.4, -0.2) is 5.71 Å². The Morgan fingerprint density at radius 2 is 1.69 bits per heavy atom. The molecule has 0 spiro atoms. The summed E-state index contributed by atoms with van der Waals surface area (Å²) in [6.45, 7) is 5.49. The van der Waals surface area contributed by atoms with Crippen LogP contribution in [-0.2, 0) is 6.54 Å². The summed E-state index contributed by atoms with van der Waals surface area (Å²) in [5, 5.41) is 0. The molecule has 0 N–H and O–H groups in total. The van der Waals surface area contributed by atoms with Crippen molar-refractivity contribution in [3.05, 3.63) is 35.9 Å². The normalized spacial score (nSPS) is 25.5. The lowest BCUT2D eigenvalue weighted by molar-refractivity contribution is 0.485. The Labute approximate surface area is 98.6 Å². The van der Waals surface area contributed by atoms with Crippen molar-refractivity contribution in [1.29, 1.82) is 0 Å². The first-order valence-electron chi connectivity index (χ1n) is 6.35. The summed E-state index contributed by atoms with van der Waals surface area (Å²) in [5.41, 5.74) is 2.76. The monoisotopic (exact) mass is 215 g/mol. The van der Waals surface area contributed by atoms with Crippen molar-refractivity contribution in [2.75, 3.05) is 0 Å². The molecule has 0 radical (unpaired) electrons. The largest absolute Gasteiger partial charge is 0.289 e. The van der Waals surface area contributed by atoms with E-state index in [-0.39, 0.29) is 0 Å². The highest BCUT2D eigenvalue weighted by atomic mass is 14.8. The van der Waals surface area contributed by atoms with E-state index in [1.807, 2.05) is 0 Å². The maximum absolute atomic E-state index is 4.83. The van der Waals surface area contributed by atoms with Crippen LogP contribution in [0.15, 0.2) is 35.3 Å². The third-order valence-electron chi connectivity index (χ3n) is 3.57. The van der Waals surface area contributed by atoms with E-state index < -0.39 is 0 Å². The van der Waals surface area contributed by atoms with Gasteiger partial charge < -0.3 is 0 Å². The van der Waals surface area contributed by atoms with Crippen molar-refractivity contribution in [3.8, 4) is 0 Å². The zero-order valence-corrected chi connectivity index (χ0v) is 10.3. The van der Waals surface area contributed by atoms with E-state index in [2.05, 4.69) is 44.2 Å². The van der Waals surface area contributed by atoms with Gasteiger partial charge in [0.2, 0.25) is 0 Å². The molecule has 1 nitrogen and oxygen atoms in total. The second kappa shape index (κ2) is 5.29. The number of aliphatic imine (C=N–C) groups is 1. The van der Waals surface area contributed by atoms with E-state index in [0.29, 0.717) is 11.8 Å². The second-order valence-corrected chi connectivity index (χ2v) is 4.96. The first-order chi connectivity index (χ1) is 7.77. The van der Waals surface area contributed by atoms with E-state index in [0.717, 1.165) is 6.54 Å². The Hall–Kier alpha value is -1.11. The second-order valence-electron chi connectivity index (χ2n) is 4.96. The van der Waals surface area contributed by atoms with Crippen molar-refractivity contribution in [1.82, 2.24) is 0 Å². The highest BCUT2D eigenvalue weighted by molar-refractivity contribution is 5.89. The van der Waals surface area contributed by atoms with Gasteiger partial charge in [-0.1, -0.05) is 50.6 Å². The van der Waals surface area contributed by atoms with Crippen LogP contribution in [0.2, 0.25) is 0 Å². The van der Waals surface area contributed by atoms with Crippen molar-refractivity contribution >= 4 is 5.71 Å². The summed E-state index contributed by atoms with van der Waals surface area (Å²) in [7, 11) is 0. The highest BCUT2D eigenvalue weighted by Gasteiger charge is 2.22. The quantitative estimate of drug-likeness (QED) is 0.704. The molecular weight excluding hydrogens is 194 g/mol. The van der Waals surface area contributed by atoms with E-state index in [1.54, 1.807) is 0 Å². The van der Waals surface area contributed by atoms with Gasteiger partial charge in [-0.2, -0.15) is 0 Å². The maximum Gasteiger partial charge on any atom is 0.0639 e. The molecule has 86 valence electrons. The predicted molar refractivity (Wildman–Crippen MR) is 69.8 cm³/mol. The zero-order valence-electron chi connectivity index (χ0n) is 10.3. The molecule has 1 aromatic rings. The SMILES string of the molecule is CC1CCCC(C)C1=NCc1ccccc1. The minimum Gasteiger partial charge on any atom is -0.289 e. The summed E-state index contributed by atoms with van der Waals surface area (Å²) in [4.78, 5) is 4.83. The van der Waals surface area contributed by atoms with Crippen LogP contribution >= 0.6 is 0 Å². The van der Waals surface area contributed by atoms with Crippen LogP contribution in [0, 0.1) is 11.8 Å². The van der Waals surface area contributed by atoms with Crippen LogP contribution in [0.1, 0.15) is 38.7 Å². The Kier molecular flexibility index (Phi) is 3.76. The average Bonchev–Trinajstić information content (AvgIpc) is 2.30. The fourth-order valence-electron chi connectivity index (χ4n) is 2.59. The van der Waals surface area contributed by atoms with E-state index in [1.165, 1.54) is 30.5 Å². The summed E-state index contributed by atoms with van der Waals surface area (Å²) >= 11 is 0. The summed E-state index contributed by atoms with van der Waals surface area (Å²) < 4.78 is 0. The van der Waals surface area contributed by atoms with E-state index in [4.69, 9.17) is 4.99 Å². The van der Waals surface area contributed by atoms with Crippen molar-refractivity contribution < 1.29 is 0 Å². The Balaban J connectivity index is 2.05. The molecule has 0 aliphatic heterocycles. The Bertz CT molecular complexity index is 341. The van der Waals surface area contributed by atoms with Crippen LogP contribution in [0.4, 0.5) is 0 Å². The van der Waals surface area contributed by atoms with Gasteiger partial charge in [0.25, 0.3) is 0 Å². The number of rotatable bonds is 2. The van der Waals surface area contributed by atoms with Crippen molar-refractivity contribution in [3.63, 3.8) is 0 Å². The third kappa shape index (κ3) is 2.72. The molecule has 1 fully saturated rings. The predicted octanol–water partition coefficient (Wildman–Crippen LogP) is 4.08. The molecule has 0 amide bonds. The zero-order chi connectivity index (χ0) is 11.4. The summed E-state index contributed by atoms with van der Waals surface area (Å²) in [6, 6.07) is 10.5. The Morgan fingerprint density at radius 1 is 1.06 bits per heavy atom. The maximum atomic E-state index is 4.83. The van der Waals surface area contributed by atoms with Crippen LogP contribution in [0.3, 0.4) is 0 Å². The first kappa shape index (κ1) is 11.4. The molecule has 16 heavy (non-hydrogen) atoms. The average molecular weight is 215 g/mol. The first-order valence-corrected chi connectivity index (χ1v) is 6.35. The molecule has 1 saturated carbocycles. The van der Waals surface area contributed by atoms with Gasteiger partial charge in [0.1, 0.15) is 0 Å². The molecular formula is C15H21N. The third-order valence-corrected chi connectivity index (χ3v) is 3.57. The van der Waals surface area contributed by atoms with Gasteiger partial charge in [-0.15, -0.1) is 0 Å². The molecule has 2 unspecified atom stereocenters. The summed E-state index contributed by atoms with van der Waals surface area (Å²) in [6.07, 6.45) is 4.00. The topological polar surface area (TPSA) is 12.4 Å². The fraction of sp³-hybridized carbons (Fsp3) is 0.533. The molecule has 1 aliphatic rings. The lowest BCUT2D eigenvalue weighted by Crippen LogP contribution is -2.24. The molecule has 2 atom stereocenters. The smallest absolute Gasteiger partial charge is 0.0639 e. The van der Waals surface area contributed by atoms with Gasteiger partial charge in [0, 0.05) is 5.71 Å². The lowest BCUT2D eigenvalue weighted by atomic mass is 9.81. The van der Waals surface area contributed by atoms with Gasteiger partial charge in [0.05, 0.1) is 6.54 Å². The minimum atomic E-state index is 0.687. The van der Waals surface area contributed by atoms with Crippen LogP contribution < -0.4 is 0 Å². The number of hydrogen-bond acceptors (Lipinski definition) is 1. The molecule has 1 aliphatic carbocycles. The highest BCUT2D eigenvalue weighted by Crippen LogP contribution is 2.26. The summed E-state index contributed by atoms with van der Waals surface area (Å²) in [5.74, 6) is 1.37. The van der Waals surface area contributed by atoms with Crippen LogP contribution in [0.5, 0.6) is 0 Å². The van der Waals surface area contributed by atoms with Gasteiger partial charge in [-0.05, 0) is 30.2 Å². The Morgan fingerprint density at radius 3 is 2.31 bits per heavy atom. The van der Waals surface area contributed by atoms with Crippen molar-refractivity contribution in [2.45, 2.75) is 39.7 Å². The van der Waals surface area contributed by atoms with Gasteiger partial charge in [0.15, 0.2) is 0 Å². The van der Waals surface area contributed by atoms with Gasteiger partial charge in [-0.25, -0.2) is 0 Å². The number of nitrogens with zero attached hydrogens (tertiary/aromatic N) is 1. The number of hydrogen-bond donors (Lipinski definition) is 0. The fourth-order valence-corrected chi connectivity index (χ4v) is 2.59. The van der Waals surface area contributed by atoms with Crippen molar-refractivity contribution in [2.24, 2.45) is 16.8 Å². The lowest BCUT2D eigenvalue weighted by Gasteiger charge is -2.26. The molecule has 1 heteroatoms. The molecule has 0 aromatic heterocycles. The van der Waals surface area contributed by atoms with Gasteiger partial charge in [-0.3, -0.25) is 4.99 Å². The minimum absolute atomic E-state index is 0.687. The van der Waals surface area contributed by atoms with E-state index >= 15 is 0 Å². The molecule has 0 saturated heterocycles. The number of benzene rings is 1. The molecule has 1 aromatic carbocycles. The molecule has 0 bridgehead atoms. The van der Waals surface area contributed by atoms with E-state index in [9.17, 15) is 0 Å². The molecule has 0 heterocycles. The van der Waals surface area contributed by atoms with Gasteiger partial charge >= 0.3 is 0 Å².